The lowest BCUT2D eigenvalue weighted by atomic mass is 9.93. The third kappa shape index (κ3) is 1.69. The normalized spacial score (nSPS) is 17.8. The van der Waals surface area contributed by atoms with Gasteiger partial charge in [0, 0.05) is 5.56 Å². The molecule has 0 aliphatic carbocycles. The molecule has 0 spiro atoms. The highest BCUT2D eigenvalue weighted by molar-refractivity contribution is 6.34. The van der Waals surface area contributed by atoms with Crippen LogP contribution in [-0.2, 0) is 9.47 Å². The third-order valence-corrected chi connectivity index (χ3v) is 2.11. The van der Waals surface area contributed by atoms with Crippen molar-refractivity contribution in [2.24, 2.45) is 0 Å². The third-order valence-electron chi connectivity index (χ3n) is 2.11. The summed E-state index contributed by atoms with van der Waals surface area (Å²) in [5.74, 6) is 0.307. The van der Waals surface area contributed by atoms with Gasteiger partial charge in [-0.1, -0.05) is 12.1 Å². The summed E-state index contributed by atoms with van der Waals surface area (Å²) in [7, 11) is 1.85. The van der Waals surface area contributed by atoms with Crippen molar-refractivity contribution in [3.05, 3.63) is 23.8 Å². The number of aromatic hydroxyl groups is 1. The van der Waals surface area contributed by atoms with E-state index in [1.165, 1.54) is 0 Å². The van der Waals surface area contributed by atoms with E-state index in [1.54, 1.807) is 6.07 Å². The summed E-state index contributed by atoms with van der Waals surface area (Å²) in [6, 6.07) is 5.36. The Morgan fingerprint density at radius 1 is 1.31 bits per heavy atom. The van der Waals surface area contributed by atoms with Crippen molar-refractivity contribution in [2.45, 2.75) is 6.29 Å². The fourth-order valence-electron chi connectivity index (χ4n) is 1.38. The molecule has 0 atom stereocenters. The van der Waals surface area contributed by atoms with Gasteiger partial charge in [-0.05, 0) is 11.5 Å². The topological polar surface area (TPSA) is 38.7 Å². The van der Waals surface area contributed by atoms with E-state index in [0.717, 1.165) is 11.0 Å². The van der Waals surface area contributed by atoms with Gasteiger partial charge in [-0.3, -0.25) is 0 Å². The predicted octanol–water partition coefficient (Wildman–Crippen LogP) is -0.304. The standard InChI is InChI=1S/C9H11BO3/c10-7-5-6(1-2-8(7)11)9-12-3-4-13-9/h1-2,5,9,11H,3-4,10H2. The van der Waals surface area contributed by atoms with E-state index in [2.05, 4.69) is 0 Å². The Kier molecular flexibility index (Phi) is 2.25. The van der Waals surface area contributed by atoms with Crippen LogP contribution in [0.4, 0.5) is 0 Å². The highest BCUT2D eigenvalue weighted by Crippen LogP contribution is 2.23. The summed E-state index contributed by atoms with van der Waals surface area (Å²) in [6.45, 7) is 1.29. The average Bonchev–Trinajstić information content (AvgIpc) is 2.62. The van der Waals surface area contributed by atoms with Crippen molar-refractivity contribution >= 4 is 13.3 Å². The largest absolute Gasteiger partial charge is 0.509 e. The highest BCUT2D eigenvalue weighted by atomic mass is 16.7. The smallest absolute Gasteiger partial charge is 0.184 e. The maximum absolute atomic E-state index is 9.30. The van der Waals surface area contributed by atoms with Crippen LogP contribution in [0, 0.1) is 0 Å². The van der Waals surface area contributed by atoms with E-state index in [-0.39, 0.29) is 6.29 Å². The second kappa shape index (κ2) is 3.40. The number of ether oxygens (including phenoxy) is 2. The molecule has 1 saturated heterocycles. The van der Waals surface area contributed by atoms with E-state index in [4.69, 9.17) is 9.47 Å². The number of phenolic OH excluding ortho intramolecular Hbond substituents is 1. The van der Waals surface area contributed by atoms with Crippen molar-refractivity contribution in [3.8, 4) is 5.75 Å². The zero-order chi connectivity index (χ0) is 9.26. The Hall–Kier alpha value is -0.995. The average molecular weight is 178 g/mol. The maximum Gasteiger partial charge on any atom is 0.184 e. The lowest BCUT2D eigenvalue weighted by Gasteiger charge is -2.10. The predicted molar refractivity (Wildman–Crippen MR) is 50.9 cm³/mol. The van der Waals surface area contributed by atoms with Gasteiger partial charge in [0.05, 0.1) is 13.2 Å². The fourth-order valence-corrected chi connectivity index (χ4v) is 1.38. The van der Waals surface area contributed by atoms with Crippen LogP contribution in [0.2, 0.25) is 0 Å². The van der Waals surface area contributed by atoms with Gasteiger partial charge >= 0.3 is 0 Å². The molecule has 4 heteroatoms. The van der Waals surface area contributed by atoms with Gasteiger partial charge in [-0.2, -0.15) is 0 Å². The van der Waals surface area contributed by atoms with E-state index in [0.29, 0.717) is 19.0 Å². The quantitative estimate of drug-likeness (QED) is 0.599. The van der Waals surface area contributed by atoms with Crippen LogP contribution in [-0.4, -0.2) is 26.2 Å². The van der Waals surface area contributed by atoms with E-state index >= 15 is 0 Å². The Balaban J connectivity index is 2.25. The maximum atomic E-state index is 9.30. The monoisotopic (exact) mass is 178 g/mol. The lowest BCUT2D eigenvalue weighted by Crippen LogP contribution is -2.07. The second-order valence-electron chi connectivity index (χ2n) is 3.12. The lowest BCUT2D eigenvalue weighted by molar-refractivity contribution is -0.0440. The summed E-state index contributed by atoms with van der Waals surface area (Å²) in [5.41, 5.74) is 1.81. The van der Waals surface area contributed by atoms with Crippen LogP contribution in [0.5, 0.6) is 5.75 Å². The molecule has 2 rings (SSSR count). The van der Waals surface area contributed by atoms with Crippen LogP contribution in [0.3, 0.4) is 0 Å². The van der Waals surface area contributed by atoms with Crippen molar-refractivity contribution in [1.82, 2.24) is 0 Å². The highest BCUT2D eigenvalue weighted by Gasteiger charge is 2.18. The number of hydrogen-bond donors (Lipinski definition) is 1. The first kappa shape index (κ1) is 8.60. The number of hydrogen-bond acceptors (Lipinski definition) is 3. The SMILES string of the molecule is Bc1cc(C2OCCO2)ccc1O. The minimum absolute atomic E-state index is 0.251. The number of rotatable bonds is 1. The first-order valence-corrected chi connectivity index (χ1v) is 4.30. The second-order valence-corrected chi connectivity index (χ2v) is 3.12. The van der Waals surface area contributed by atoms with Crippen molar-refractivity contribution in [1.29, 1.82) is 0 Å². The molecule has 0 radical (unpaired) electrons. The molecule has 0 aromatic heterocycles. The zero-order valence-electron chi connectivity index (χ0n) is 7.49. The molecular formula is C9H11BO3. The van der Waals surface area contributed by atoms with Crippen LogP contribution >= 0.6 is 0 Å². The molecule has 1 aliphatic heterocycles. The van der Waals surface area contributed by atoms with Gasteiger partial charge in [0.2, 0.25) is 0 Å². The van der Waals surface area contributed by atoms with Crippen LogP contribution in [0.15, 0.2) is 18.2 Å². The van der Waals surface area contributed by atoms with Crippen molar-refractivity contribution in [3.63, 3.8) is 0 Å². The first-order valence-electron chi connectivity index (χ1n) is 4.30. The van der Waals surface area contributed by atoms with Gasteiger partial charge in [-0.25, -0.2) is 0 Å². The molecule has 1 aromatic carbocycles. The van der Waals surface area contributed by atoms with Gasteiger partial charge in [0.25, 0.3) is 0 Å². The zero-order valence-corrected chi connectivity index (χ0v) is 7.49. The molecule has 68 valence electrons. The fraction of sp³-hybridized carbons (Fsp3) is 0.333. The van der Waals surface area contributed by atoms with Gasteiger partial charge in [0.1, 0.15) is 13.6 Å². The van der Waals surface area contributed by atoms with Crippen LogP contribution in [0.1, 0.15) is 11.9 Å². The molecule has 0 bridgehead atoms. The molecule has 13 heavy (non-hydrogen) atoms. The van der Waals surface area contributed by atoms with E-state index in [9.17, 15) is 5.11 Å². The molecule has 0 saturated carbocycles. The van der Waals surface area contributed by atoms with Crippen molar-refractivity contribution < 1.29 is 14.6 Å². The Morgan fingerprint density at radius 3 is 2.62 bits per heavy atom. The van der Waals surface area contributed by atoms with Gasteiger partial charge in [0.15, 0.2) is 6.29 Å². The number of phenols is 1. The Bertz CT molecular complexity index is 308. The Labute approximate surface area is 77.7 Å². The molecule has 0 unspecified atom stereocenters. The first-order chi connectivity index (χ1) is 6.27. The summed E-state index contributed by atoms with van der Waals surface area (Å²) in [6.07, 6.45) is -0.251. The molecule has 1 fully saturated rings. The van der Waals surface area contributed by atoms with E-state index in [1.807, 2.05) is 20.0 Å². The summed E-state index contributed by atoms with van der Waals surface area (Å²) >= 11 is 0. The Morgan fingerprint density at radius 2 is 2.00 bits per heavy atom. The minimum Gasteiger partial charge on any atom is -0.509 e. The van der Waals surface area contributed by atoms with Gasteiger partial charge in [-0.15, -0.1) is 0 Å². The van der Waals surface area contributed by atoms with Crippen molar-refractivity contribution in [2.75, 3.05) is 13.2 Å². The molecule has 3 nitrogen and oxygen atoms in total. The summed E-state index contributed by atoms with van der Waals surface area (Å²) < 4.78 is 10.7. The molecular weight excluding hydrogens is 167 g/mol. The summed E-state index contributed by atoms with van der Waals surface area (Å²) in [4.78, 5) is 0. The molecule has 1 N–H and O–H groups in total. The van der Waals surface area contributed by atoms with Crippen LogP contribution < -0.4 is 5.46 Å². The molecule has 1 heterocycles. The minimum atomic E-state index is -0.251. The molecule has 0 amide bonds. The van der Waals surface area contributed by atoms with Crippen LogP contribution in [0.25, 0.3) is 0 Å². The van der Waals surface area contributed by atoms with Gasteiger partial charge < -0.3 is 14.6 Å². The molecule has 1 aliphatic rings. The molecule has 1 aromatic rings. The van der Waals surface area contributed by atoms with E-state index < -0.39 is 0 Å². The summed E-state index contributed by atoms with van der Waals surface area (Å²) in [5, 5.41) is 9.30. The number of benzene rings is 1.